The number of nitrogens with one attached hydrogen (secondary N) is 1. The molecule has 1 heterocycles. The van der Waals surface area contributed by atoms with E-state index in [1.54, 1.807) is 6.07 Å². The molecule has 100 valence electrons. The van der Waals surface area contributed by atoms with Gasteiger partial charge in [-0.05, 0) is 43.6 Å². The van der Waals surface area contributed by atoms with Gasteiger partial charge in [-0.3, -0.25) is 0 Å². The van der Waals surface area contributed by atoms with Gasteiger partial charge in [0.1, 0.15) is 0 Å². The van der Waals surface area contributed by atoms with Crippen molar-refractivity contribution in [2.75, 3.05) is 33.3 Å². The Bertz CT molecular complexity index is 378. The maximum atomic E-state index is 13.4. The fourth-order valence-electron chi connectivity index (χ4n) is 2.30. The summed E-state index contributed by atoms with van der Waals surface area (Å²) in [6, 6.07) is 5.10. The molecule has 0 aliphatic carbocycles. The van der Waals surface area contributed by atoms with Crippen molar-refractivity contribution in [1.82, 2.24) is 10.2 Å². The lowest BCUT2D eigenvalue weighted by atomic mass is 10.2. The number of rotatable bonds is 6. The van der Waals surface area contributed by atoms with Gasteiger partial charge in [0, 0.05) is 19.6 Å². The van der Waals surface area contributed by atoms with Crippen molar-refractivity contribution in [3.05, 3.63) is 29.6 Å². The molecule has 1 aliphatic heterocycles. The topological polar surface area (TPSA) is 24.5 Å². The van der Waals surface area contributed by atoms with Crippen LogP contribution < -0.4 is 10.1 Å². The molecule has 2 rings (SSSR count). The van der Waals surface area contributed by atoms with Gasteiger partial charge in [0.05, 0.1) is 7.11 Å². The van der Waals surface area contributed by atoms with Crippen LogP contribution in [0.2, 0.25) is 0 Å². The number of benzene rings is 1. The molecule has 0 atom stereocenters. The molecule has 1 saturated heterocycles. The third kappa shape index (κ3) is 3.68. The lowest BCUT2D eigenvalue weighted by molar-refractivity contribution is 0.335. The normalized spacial score (nSPS) is 16.1. The predicted octanol–water partition coefficient (Wildman–Crippen LogP) is 2.02. The van der Waals surface area contributed by atoms with Gasteiger partial charge in [-0.15, -0.1) is 0 Å². The molecule has 1 aliphatic rings. The number of nitrogens with zero attached hydrogens (tertiary/aromatic N) is 1. The Balaban J connectivity index is 1.71. The van der Waals surface area contributed by atoms with Crippen LogP contribution in [0.15, 0.2) is 18.2 Å². The number of hydrogen-bond acceptors (Lipinski definition) is 3. The van der Waals surface area contributed by atoms with Crippen LogP contribution in [-0.4, -0.2) is 38.2 Å². The van der Waals surface area contributed by atoms with E-state index in [-0.39, 0.29) is 5.82 Å². The van der Waals surface area contributed by atoms with Crippen LogP contribution in [0.3, 0.4) is 0 Å². The zero-order valence-corrected chi connectivity index (χ0v) is 10.9. The first-order valence-electron chi connectivity index (χ1n) is 6.55. The zero-order chi connectivity index (χ0) is 12.8. The molecular weight excluding hydrogens is 231 g/mol. The first kappa shape index (κ1) is 13.3. The van der Waals surface area contributed by atoms with Gasteiger partial charge in [0.2, 0.25) is 0 Å². The summed E-state index contributed by atoms with van der Waals surface area (Å²) in [5.41, 5.74) is 0.953. The second-order valence-electron chi connectivity index (χ2n) is 4.69. The van der Waals surface area contributed by atoms with E-state index in [2.05, 4.69) is 10.2 Å². The van der Waals surface area contributed by atoms with Crippen molar-refractivity contribution in [2.24, 2.45) is 0 Å². The van der Waals surface area contributed by atoms with E-state index in [1.807, 2.05) is 6.07 Å². The van der Waals surface area contributed by atoms with Crippen LogP contribution in [0.25, 0.3) is 0 Å². The highest BCUT2D eigenvalue weighted by atomic mass is 19.1. The molecule has 0 aromatic heterocycles. The van der Waals surface area contributed by atoms with Crippen molar-refractivity contribution < 1.29 is 9.13 Å². The molecule has 3 nitrogen and oxygen atoms in total. The van der Waals surface area contributed by atoms with Crippen LogP contribution in [0.5, 0.6) is 5.75 Å². The molecule has 0 spiro atoms. The van der Waals surface area contributed by atoms with E-state index in [9.17, 15) is 4.39 Å². The Morgan fingerprint density at radius 2 is 2.11 bits per heavy atom. The number of halogens is 1. The van der Waals surface area contributed by atoms with E-state index >= 15 is 0 Å². The average molecular weight is 252 g/mol. The first-order valence-corrected chi connectivity index (χ1v) is 6.55. The lowest BCUT2D eigenvalue weighted by Crippen LogP contribution is -2.29. The second kappa shape index (κ2) is 6.71. The fraction of sp³-hybridized carbons (Fsp3) is 0.571. The van der Waals surface area contributed by atoms with Crippen molar-refractivity contribution in [3.63, 3.8) is 0 Å². The van der Waals surface area contributed by atoms with Crippen molar-refractivity contribution in [1.29, 1.82) is 0 Å². The summed E-state index contributed by atoms with van der Waals surface area (Å²) in [5.74, 6) is 0.00663. The Hall–Kier alpha value is -1.13. The van der Waals surface area contributed by atoms with Gasteiger partial charge >= 0.3 is 0 Å². The summed E-state index contributed by atoms with van der Waals surface area (Å²) < 4.78 is 18.3. The number of hydrogen-bond donors (Lipinski definition) is 1. The van der Waals surface area contributed by atoms with Crippen LogP contribution in [0, 0.1) is 5.82 Å². The maximum absolute atomic E-state index is 13.4. The van der Waals surface area contributed by atoms with Gasteiger partial charge in [0.25, 0.3) is 0 Å². The first-order chi connectivity index (χ1) is 8.79. The van der Waals surface area contributed by atoms with Crippen LogP contribution >= 0.6 is 0 Å². The van der Waals surface area contributed by atoms with Gasteiger partial charge in [-0.2, -0.15) is 0 Å². The van der Waals surface area contributed by atoms with Crippen molar-refractivity contribution in [2.45, 2.75) is 19.4 Å². The highest BCUT2D eigenvalue weighted by Crippen LogP contribution is 2.17. The minimum atomic E-state index is -0.295. The third-order valence-electron chi connectivity index (χ3n) is 3.35. The standard InChI is InChI=1S/C14H21FN2O/c1-18-14-5-4-12(10-13(14)15)11-16-6-9-17-7-2-3-8-17/h4-5,10,16H,2-3,6-9,11H2,1H3. The molecule has 0 unspecified atom stereocenters. The van der Waals surface area contributed by atoms with Gasteiger partial charge in [-0.25, -0.2) is 4.39 Å². The molecule has 0 bridgehead atoms. The highest BCUT2D eigenvalue weighted by molar-refractivity contribution is 5.29. The van der Waals surface area contributed by atoms with Gasteiger partial charge in [0.15, 0.2) is 11.6 Å². The third-order valence-corrected chi connectivity index (χ3v) is 3.35. The van der Waals surface area contributed by atoms with E-state index < -0.39 is 0 Å². The summed E-state index contributed by atoms with van der Waals surface area (Å²) in [6.07, 6.45) is 2.65. The molecule has 0 saturated carbocycles. The molecule has 1 aromatic rings. The molecule has 0 amide bonds. The largest absolute Gasteiger partial charge is 0.494 e. The summed E-state index contributed by atoms with van der Waals surface area (Å²) in [4.78, 5) is 2.46. The van der Waals surface area contributed by atoms with E-state index in [0.717, 1.165) is 18.7 Å². The highest BCUT2D eigenvalue weighted by Gasteiger charge is 2.10. The Morgan fingerprint density at radius 3 is 2.78 bits per heavy atom. The lowest BCUT2D eigenvalue weighted by Gasteiger charge is -2.14. The molecular formula is C14H21FN2O. The number of ether oxygens (including phenoxy) is 1. The van der Waals surface area contributed by atoms with E-state index in [0.29, 0.717) is 12.3 Å². The van der Waals surface area contributed by atoms with Crippen molar-refractivity contribution >= 4 is 0 Å². The van der Waals surface area contributed by atoms with Crippen molar-refractivity contribution in [3.8, 4) is 5.75 Å². The average Bonchev–Trinajstić information content (AvgIpc) is 2.88. The maximum Gasteiger partial charge on any atom is 0.165 e. The minimum absolute atomic E-state index is 0.295. The fourth-order valence-corrected chi connectivity index (χ4v) is 2.30. The SMILES string of the molecule is COc1ccc(CNCCN2CCCC2)cc1F. The summed E-state index contributed by atoms with van der Waals surface area (Å²) >= 11 is 0. The molecule has 1 fully saturated rings. The Labute approximate surface area is 108 Å². The second-order valence-corrected chi connectivity index (χ2v) is 4.69. The monoisotopic (exact) mass is 252 g/mol. The molecule has 0 radical (unpaired) electrons. The minimum Gasteiger partial charge on any atom is -0.494 e. The zero-order valence-electron chi connectivity index (χ0n) is 10.9. The summed E-state index contributed by atoms with van der Waals surface area (Å²) in [7, 11) is 1.48. The summed E-state index contributed by atoms with van der Waals surface area (Å²) in [5, 5.41) is 3.34. The van der Waals surface area contributed by atoms with Crippen LogP contribution in [0.1, 0.15) is 18.4 Å². The predicted molar refractivity (Wildman–Crippen MR) is 70.3 cm³/mol. The Morgan fingerprint density at radius 1 is 1.33 bits per heavy atom. The van der Waals surface area contributed by atoms with Gasteiger partial charge < -0.3 is 15.0 Å². The molecule has 1 N–H and O–H groups in total. The molecule has 1 aromatic carbocycles. The van der Waals surface area contributed by atoms with Crippen LogP contribution in [-0.2, 0) is 6.54 Å². The smallest absolute Gasteiger partial charge is 0.165 e. The number of methoxy groups -OCH3 is 1. The Kier molecular flexibility index (Phi) is 4.96. The van der Waals surface area contributed by atoms with Gasteiger partial charge in [-0.1, -0.05) is 6.07 Å². The quantitative estimate of drug-likeness (QED) is 0.784. The van der Waals surface area contributed by atoms with E-state index in [1.165, 1.54) is 39.1 Å². The summed E-state index contributed by atoms with van der Waals surface area (Å²) in [6.45, 7) is 5.18. The van der Waals surface area contributed by atoms with E-state index in [4.69, 9.17) is 4.74 Å². The molecule has 4 heteroatoms. The van der Waals surface area contributed by atoms with Crippen LogP contribution in [0.4, 0.5) is 4.39 Å². The molecule has 18 heavy (non-hydrogen) atoms. The number of likely N-dealkylation sites (tertiary alicyclic amines) is 1.